The maximum absolute atomic E-state index is 15.9. The Bertz CT molecular complexity index is 1580. The molecule has 0 aromatic heterocycles. The molecule has 0 spiro atoms. The van der Waals surface area contributed by atoms with Gasteiger partial charge in [0.25, 0.3) is 5.41 Å². The Kier molecular flexibility index (Phi) is 18.2. The Morgan fingerprint density at radius 3 is 0.734 bits per heavy atom. The lowest BCUT2D eigenvalue weighted by atomic mass is 9.82. The Hall–Kier alpha value is -4.93. The van der Waals surface area contributed by atoms with E-state index < -0.39 is 129 Å². The van der Waals surface area contributed by atoms with Crippen LogP contribution < -0.4 is 0 Å². The maximum atomic E-state index is 15.9. The predicted molar refractivity (Wildman–Crippen MR) is 151 cm³/mol. The first-order valence-corrected chi connectivity index (χ1v) is 15.1. The molecule has 0 fully saturated rings. The van der Waals surface area contributed by atoms with Crippen molar-refractivity contribution >= 4 is 23.9 Å². The zero-order valence-corrected chi connectivity index (χ0v) is 30.1. The molecule has 370 valence electrons. The molecule has 0 aromatic carbocycles. The van der Waals surface area contributed by atoms with Crippen LogP contribution in [0.25, 0.3) is 0 Å². The average molecular weight is 998 g/mol. The molecule has 12 nitrogen and oxygen atoms in total. The Morgan fingerprint density at radius 2 is 0.547 bits per heavy atom. The van der Waals surface area contributed by atoms with Gasteiger partial charge in [0.15, 0.2) is 26.4 Å². The first-order valence-electron chi connectivity index (χ1n) is 15.1. The van der Waals surface area contributed by atoms with Gasteiger partial charge in [0.1, 0.15) is 0 Å². The molecule has 0 bridgehead atoms. The standard InChI is InChI=1S/C29H21F23O12/c1-5-13(53)57-9-18(31,32)23(39,40)61-17(30)22(27(47,48)62-24(41,42)19(33,34)10-58-14(54)6-2,28(49,50)63-25(43,44)20(35,36)11-59-15(55)7-3)29(51,52)64-26(45,46)21(37,38)12-60-16(56)8-4/h5-8,17H,1-4,9-12H2. The summed E-state index contributed by atoms with van der Waals surface area (Å²) in [6.07, 6.45) is -67.5. The number of hydrogen-bond donors (Lipinski definition) is 0. The fourth-order valence-electron chi connectivity index (χ4n) is 3.38. The van der Waals surface area contributed by atoms with Gasteiger partial charge in [0, 0.05) is 24.3 Å². The van der Waals surface area contributed by atoms with E-state index in [1.807, 2.05) is 4.74 Å². The normalized spacial score (nSPS) is 14.8. The van der Waals surface area contributed by atoms with Crippen molar-refractivity contribution in [3.63, 3.8) is 0 Å². The van der Waals surface area contributed by atoms with Gasteiger partial charge in [-0.3, -0.25) is 4.74 Å². The highest BCUT2D eigenvalue weighted by molar-refractivity contribution is 5.82. The molecule has 35 heteroatoms. The molecular formula is C29H21F23O12. The molecule has 0 saturated carbocycles. The van der Waals surface area contributed by atoms with Crippen molar-refractivity contribution in [1.82, 2.24) is 0 Å². The maximum Gasteiger partial charge on any atom is 0.427 e. The van der Waals surface area contributed by atoms with Crippen LogP contribution in [0.5, 0.6) is 0 Å². The summed E-state index contributed by atoms with van der Waals surface area (Å²) >= 11 is 0. The zero-order valence-electron chi connectivity index (χ0n) is 30.1. The first-order chi connectivity index (χ1) is 28.3. The summed E-state index contributed by atoms with van der Waals surface area (Å²) in [5, 5.41) is 0. The Morgan fingerprint density at radius 1 is 0.359 bits per heavy atom. The van der Waals surface area contributed by atoms with Crippen LogP contribution >= 0.6 is 0 Å². The van der Waals surface area contributed by atoms with Gasteiger partial charge in [0.2, 0.25) is 6.36 Å². The summed E-state index contributed by atoms with van der Waals surface area (Å²) in [7, 11) is 0. The van der Waals surface area contributed by atoms with E-state index >= 15 is 30.7 Å². The molecule has 0 radical (unpaired) electrons. The summed E-state index contributed by atoms with van der Waals surface area (Å²) in [4.78, 5) is 44.1. The Balaban J connectivity index is 8.84. The minimum Gasteiger partial charge on any atom is -0.456 e. The molecule has 1 atom stereocenters. The Labute approximate surface area is 338 Å². The van der Waals surface area contributed by atoms with E-state index in [0.29, 0.717) is 0 Å². The summed E-state index contributed by atoms with van der Waals surface area (Å²) in [5.41, 5.74) is -9.31. The van der Waals surface area contributed by atoms with Gasteiger partial charge in [-0.2, -0.15) is 96.6 Å². The van der Waals surface area contributed by atoms with E-state index in [0.717, 1.165) is 0 Å². The van der Waals surface area contributed by atoms with E-state index in [2.05, 4.69) is 45.3 Å². The minimum absolute atomic E-state index is 0.220. The summed E-state index contributed by atoms with van der Waals surface area (Å²) < 4.78 is 363. The van der Waals surface area contributed by atoms with E-state index in [4.69, 9.17) is 0 Å². The van der Waals surface area contributed by atoms with Crippen LogP contribution in [0, 0.1) is 5.41 Å². The molecule has 0 aliphatic rings. The molecule has 0 heterocycles. The summed E-state index contributed by atoms with van der Waals surface area (Å²) in [5.74, 6) is -37.2. The van der Waals surface area contributed by atoms with E-state index in [1.54, 1.807) is 14.2 Å². The van der Waals surface area contributed by atoms with E-state index in [1.165, 1.54) is 0 Å². The molecule has 64 heavy (non-hydrogen) atoms. The number of carbonyl (C=O) groups excluding carboxylic acids is 4. The van der Waals surface area contributed by atoms with Gasteiger partial charge in [-0.25, -0.2) is 37.8 Å². The third kappa shape index (κ3) is 12.7. The highest BCUT2D eigenvalue weighted by Crippen LogP contribution is 2.66. The number of ether oxygens (including phenoxy) is 8. The molecule has 0 amide bonds. The van der Waals surface area contributed by atoms with Gasteiger partial charge in [-0.05, 0) is 0 Å². The summed E-state index contributed by atoms with van der Waals surface area (Å²) in [6.45, 7) is -4.17. The molecule has 0 aromatic rings. The van der Waals surface area contributed by atoms with Crippen LogP contribution in [0.15, 0.2) is 50.6 Å². The predicted octanol–water partition coefficient (Wildman–Crippen LogP) is 7.94. The fourth-order valence-corrected chi connectivity index (χ4v) is 3.38. The number of rotatable bonds is 28. The molecular weight excluding hydrogens is 977 g/mol. The lowest BCUT2D eigenvalue weighted by Gasteiger charge is -2.50. The smallest absolute Gasteiger partial charge is 0.427 e. The first kappa shape index (κ1) is 59.1. The molecule has 0 saturated heterocycles. The molecule has 0 aliphatic carbocycles. The summed E-state index contributed by atoms with van der Waals surface area (Å²) in [6, 6.07) is 0. The number of carbonyl (C=O) groups is 4. The number of esters is 4. The fraction of sp³-hybridized carbons (Fsp3) is 0.586. The van der Waals surface area contributed by atoms with Crippen molar-refractivity contribution in [3.05, 3.63) is 50.6 Å². The molecule has 0 N–H and O–H groups in total. The lowest BCUT2D eigenvalue weighted by molar-refractivity contribution is -0.595. The largest absolute Gasteiger partial charge is 0.456 e. The van der Waals surface area contributed by atoms with Crippen molar-refractivity contribution in [2.45, 2.75) is 72.8 Å². The van der Waals surface area contributed by atoms with Crippen LogP contribution in [0.2, 0.25) is 0 Å². The SMILES string of the molecule is C=CC(=O)OCC(F)(F)C(F)(F)OC(F)C(C(F)(F)OC(F)(F)C(F)(F)COC(=O)C=C)(C(F)(F)OC(F)(F)C(F)(F)COC(=O)C=C)C(F)(F)OC(F)(F)C(F)(F)COC(=O)C=C. The quantitative estimate of drug-likeness (QED) is 0.0325. The van der Waals surface area contributed by atoms with Crippen molar-refractivity contribution < 1.29 is 158 Å². The second kappa shape index (κ2) is 19.7. The van der Waals surface area contributed by atoms with Gasteiger partial charge < -0.3 is 18.9 Å². The highest BCUT2D eigenvalue weighted by atomic mass is 19.4. The van der Waals surface area contributed by atoms with Crippen LogP contribution in [0.3, 0.4) is 0 Å². The van der Waals surface area contributed by atoms with Crippen molar-refractivity contribution in [3.8, 4) is 0 Å². The van der Waals surface area contributed by atoms with Crippen LogP contribution in [0.4, 0.5) is 101 Å². The minimum atomic E-state index is -9.31. The third-order valence-corrected chi connectivity index (χ3v) is 6.69. The monoisotopic (exact) mass is 998 g/mol. The van der Waals surface area contributed by atoms with Gasteiger partial charge in [0.05, 0.1) is 0 Å². The third-order valence-electron chi connectivity index (χ3n) is 6.69. The molecule has 0 aliphatic heterocycles. The molecule has 1 unspecified atom stereocenters. The topological polar surface area (TPSA) is 142 Å². The van der Waals surface area contributed by atoms with Crippen molar-refractivity contribution in [1.29, 1.82) is 0 Å². The molecule has 0 rings (SSSR count). The van der Waals surface area contributed by atoms with Gasteiger partial charge >= 0.3 is 90.3 Å². The van der Waals surface area contributed by atoms with Gasteiger partial charge in [-0.15, -0.1) is 0 Å². The second-order valence-corrected chi connectivity index (χ2v) is 11.2. The van der Waals surface area contributed by atoms with E-state index in [-0.39, 0.29) is 24.3 Å². The number of halogens is 23. The van der Waals surface area contributed by atoms with E-state index in [9.17, 15) is 89.4 Å². The lowest BCUT2D eigenvalue weighted by Crippen LogP contribution is -2.75. The van der Waals surface area contributed by atoms with Crippen molar-refractivity contribution in [2.75, 3.05) is 26.4 Å². The highest BCUT2D eigenvalue weighted by Gasteiger charge is 2.93. The number of alkyl halides is 23. The number of hydrogen-bond acceptors (Lipinski definition) is 12. The van der Waals surface area contributed by atoms with Crippen LogP contribution in [0.1, 0.15) is 0 Å². The van der Waals surface area contributed by atoms with Gasteiger partial charge in [-0.1, -0.05) is 26.3 Å². The second-order valence-electron chi connectivity index (χ2n) is 11.2. The average Bonchev–Trinajstić information content (AvgIpc) is 3.11. The van der Waals surface area contributed by atoms with Crippen LogP contribution in [-0.4, -0.2) is 123 Å². The van der Waals surface area contributed by atoms with Crippen molar-refractivity contribution in [2.24, 2.45) is 5.41 Å². The van der Waals surface area contributed by atoms with Crippen LogP contribution in [-0.2, 0) is 57.1 Å². The zero-order chi connectivity index (χ0) is 51.2.